The van der Waals surface area contributed by atoms with Gasteiger partial charge in [0.15, 0.2) is 0 Å². The Labute approximate surface area is 168 Å². The van der Waals surface area contributed by atoms with E-state index in [1.807, 2.05) is 39.9 Å². The lowest BCUT2D eigenvalue weighted by molar-refractivity contribution is -0.139. The zero-order valence-electron chi connectivity index (χ0n) is 17.1. The Morgan fingerprint density at radius 3 is 2.18 bits per heavy atom. The molecule has 3 heterocycles. The second-order valence-electron chi connectivity index (χ2n) is 8.92. The zero-order chi connectivity index (χ0) is 19.7. The van der Waals surface area contributed by atoms with Gasteiger partial charge in [0, 0.05) is 52.9 Å². The first-order chi connectivity index (χ1) is 13.5. The highest BCUT2D eigenvalue weighted by molar-refractivity contribution is 5.84. The number of piperidine rings is 2. The van der Waals surface area contributed by atoms with Gasteiger partial charge >= 0.3 is 6.03 Å². The molecule has 0 aliphatic carbocycles. The molecule has 0 N–H and O–H groups in total. The number of amides is 3. The van der Waals surface area contributed by atoms with Gasteiger partial charge in [-0.3, -0.25) is 4.79 Å². The van der Waals surface area contributed by atoms with Crippen molar-refractivity contribution in [3.05, 3.63) is 35.9 Å². The smallest absolute Gasteiger partial charge is 0.320 e. The van der Waals surface area contributed by atoms with Crippen molar-refractivity contribution in [3.8, 4) is 0 Å². The first-order valence-electron chi connectivity index (χ1n) is 10.5. The van der Waals surface area contributed by atoms with E-state index >= 15 is 0 Å². The summed E-state index contributed by atoms with van der Waals surface area (Å²) in [4.78, 5) is 33.9. The third-order valence-corrected chi connectivity index (χ3v) is 6.95. The van der Waals surface area contributed by atoms with Gasteiger partial charge in [-0.2, -0.15) is 0 Å². The van der Waals surface area contributed by atoms with Crippen molar-refractivity contribution in [2.45, 2.75) is 25.2 Å². The fourth-order valence-corrected chi connectivity index (χ4v) is 5.11. The molecule has 152 valence electrons. The lowest BCUT2D eigenvalue weighted by Gasteiger charge is -2.49. The quantitative estimate of drug-likeness (QED) is 0.745. The van der Waals surface area contributed by atoms with Crippen LogP contribution in [0.3, 0.4) is 0 Å². The van der Waals surface area contributed by atoms with Crippen molar-refractivity contribution >= 4 is 11.9 Å². The van der Waals surface area contributed by atoms with Crippen LogP contribution in [-0.4, -0.2) is 91.4 Å². The predicted octanol–water partition coefficient (Wildman–Crippen LogP) is 2.08. The van der Waals surface area contributed by atoms with Crippen LogP contribution >= 0.6 is 0 Å². The maximum atomic E-state index is 12.9. The minimum atomic E-state index is -0.0557. The monoisotopic (exact) mass is 384 g/mol. The maximum absolute atomic E-state index is 12.9. The average molecular weight is 385 g/mol. The van der Waals surface area contributed by atoms with Gasteiger partial charge in [0.2, 0.25) is 5.91 Å². The van der Waals surface area contributed by atoms with E-state index in [9.17, 15) is 9.59 Å². The van der Waals surface area contributed by atoms with Gasteiger partial charge in [0.25, 0.3) is 0 Å². The summed E-state index contributed by atoms with van der Waals surface area (Å²) < 4.78 is 0. The SMILES string of the molecule is CN1CCN(C(=O)N2CCC3(CC2)C[C@H](c2ccccc2)C(=O)N(C)C3)CC1. The third kappa shape index (κ3) is 3.75. The van der Waals surface area contributed by atoms with E-state index in [1.54, 1.807) is 0 Å². The Hall–Kier alpha value is -2.08. The summed E-state index contributed by atoms with van der Waals surface area (Å²) >= 11 is 0. The molecule has 0 saturated carbocycles. The van der Waals surface area contributed by atoms with Crippen LogP contribution in [0.1, 0.15) is 30.7 Å². The number of benzene rings is 1. The fourth-order valence-electron chi connectivity index (χ4n) is 5.11. The van der Waals surface area contributed by atoms with Gasteiger partial charge in [-0.05, 0) is 37.3 Å². The molecule has 3 aliphatic rings. The lowest BCUT2D eigenvalue weighted by Crippen LogP contribution is -2.57. The summed E-state index contributed by atoms with van der Waals surface area (Å²) in [5.41, 5.74) is 1.25. The number of hydrogen-bond acceptors (Lipinski definition) is 3. The second-order valence-corrected chi connectivity index (χ2v) is 8.92. The van der Waals surface area contributed by atoms with Crippen molar-refractivity contribution in [1.82, 2.24) is 19.6 Å². The maximum Gasteiger partial charge on any atom is 0.320 e. The Bertz CT molecular complexity index is 707. The number of rotatable bonds is 1. The summed E-state index contributed by atoms with van der Waals surface area (Å²) in [5, 5.41) is 0. The summed E-state index contributed by atoms with van der Waals surface area (Å²) in [7, 11) is 4.04. The molecule has 3 aliphatic heterocycles. The van der Waals surface area contributed by atoms with Crippen molar-refractivity contribution in [1.29, 1.82) is 0 Å². The predicted molar refractivity (Wildman–Crippen MR) is 109 cm³/mol. The van der Waals surface area contributed by atoms with Gasteiger partial charge in [-0.1, -0.05) is 30.3 Å². The van der Waals surface area contributed by atoms with Crippen LogP contribution in [-0.2, 0) is 4.79 Å². The molecular formula is C22H32N4O2. The van der Waals surface area contributed by atoms with E-state index < -0.39 is 0 Å². The minimum Gasteiger partial charge on any atom is -0.345 e. The molecule has 1 atom stereocenters. The molecule has 1 spiro atoms. The topological polar surface area (TPSA) is 47.1 Å². The van der Waals surface area contributed by atoms with Crippen molar-refractivity contribution in [2.75, 3.05) is 59.9 Å². The summed E-state index contributed by atoms with van der Waals surface area (Å²) in [5.74, 6) is 0.174. The van der Waals surface area contributed by atoms with Crippen molar-refractivity contribution in [3.63, 3.8) is 0 Å². The highest BCUT2D eigenvalue weighted by Crippen LogP contribution is 2.45. The van der Waals surface area contributed by atoms with Crippen LogP contribution in [0.5, 0.6) is 0 Å². The molecule has 0 bridgehead atoms. The van der Waals surface area contributed by atoms with Gasteiger partial charge in [0.05, 0.1) is 5.92 Å². The summed E-state index contributed by atoms with van der Waals surface area (Å²) in [6, 6.07) is 10.4. The first kappa shape index (κ1) is 19.2. The molecule has 3 fully saturated rings. The molecule has 6 nitrogen and oxygen atoms in total. The number of nitrogens with zero attached hydrogens (tertiary/aromatic N) is 4. The van der Waals surface area contributed by atoms with E-state index in [-0.39, 0.29) is 23.3 Å². The van der Waals surface area contributed by atoms with E-state index in [1.165, 1.54) is 0 Å². The number of piperazine rings is 1. The summed E-state index contributed by atoms with van der Waals surface area (Å²) in [6.45, 7) is 5.97. The van der Waals surface area contributed by atoms with E-state index in [2.05, 4.69) is 24.1 Å². The Kier molecular flexibility index (Phi) is 5.32. The Balaban J connectivity index is 1.41. The van der Waals surface area contributed by atoms with Crippen LogP contribution in [0.25, 0.3) is 0 Å². The number of likely N-dealkylation sites (tertiary alicyclic amines) is 2. The lowest BCUT2D eigenvalue weighted by atomic mass is 9.68. The molecular weight excluding hydrogens is 352 g/mol. The molecule has 3 saturated heterocycles. The minimum absolute atomic E-state index is 0.0557. The molecule has 3 amide bonds. The van der Waals surface area contributed by atoms with Gasteiger partial charge in [0.1, 0.15) is 0 Å². The van der Waals surface area contributed by atoms with Gasteiger partial charge in [-0.15, -0.1) is 0 Å². The molecule has 28 heavy (non-hydrogen) atoms. The molecule has 4 rings (SSSR count). The van der Waals surface area contributed by atoms with Crippen LogP contribution in [0.4, 0.5) is 4.79 Å². The Morgan fingerprint density at radius 2 is 1.54 bits per heavy atom. The molecule has 0 aromatic heterocycles. The van der Waals surface area contributed by atoms with Crippen molar-refractivity contribution < 1.29 is 9.59 Å². The average Bonchev–Trinajstić information content (AvgIpc) is 2.72. The first-order valence-corrected chi connectivity index (χ1v) is 10.5. The van der Waals surface area contributed by atoms with E-state index in [4.69, 9.17) is 0 Å². The Morgan fingerprint density at radius 1 is 0.929 bits per heavy atom. The van der Waals surface area contributed by atoms with Gasteiger partial charge in [-0.25, -0.2) is 4.79 Å². The van der Waals surface area contributed by atoms with Crippen LogP contribution < -0.4 is 0 Å². The largest absolute Gasteiger partial charge is 0.345 e. The number of carbonyl (C=O) groups excluding carboxylic acids is 2. The molecule has 0 unspecified atom stereocenters. The molecule has 0 radical (unpaired) electrons. The standard InChI is InChI=1S/C22H32N4O2/c1-23-12-14-26(15-13-23)21(28)25-10-8-22(9-11-25)16-19(20(27)24(2)17-22)18-6-4-3-5-7-18/h3-7,19H,8-17H2,1-2H3/t19-/m1/s1. The second kappa shape index (κ2) is 7.74. The van der Waals surface area contributed by atoms with Gasteiger partial charge < -0.3 is 19.6 Å². The highest BCUT2D eigenvalue weighted by Gasteiger charge is 2.45. The highest BCUT2D eigenvalue weighted by atomic mass is 16.2. The normalized spacial score (nSPS) is 26.0. The molecule has 6 heteroatoms. The molecule has 1 aromatic rings. The number of likely N-dealkylation sites (N-methyl/N-ethyl adjacent to an activating group) is 2. The van der Waals surface area contributed by atoms with E-state index in [0.717, 1.165) is 70.6 Å². The van der Waals surface area contributed by atoms with Crippen LogP contribution in [0, 0.1) is 5.41 Å². The third-order valence-electron chi connectivity index (χ3n) is 6.95. The van der Waals surface area contributed by atoms with E-state index in [0.29, 0.717) is 0 Å². The fraction of sp³-hybridized carbons (Fsp3) is 0.636. The number of urea groups is 1. The number of hydrogen-bond donors (Lipinski definition) is 0. The number of carbonyl (C=O) groups is 2. The molecule has 1 aromatic carbocycles. The van der Waals surface area contributed by atoms with Crippen molar-refractivity contribution in [2.24, 2.45) is 5.41 Å². The van der Waals surface area contributed by atoms with Crippen LogP contribution in [0.2, 0.25) is 0 Å². The zero-order valence-corrected chi connectivity index (χ0v) is 17.1. The summed E-state index contributed by atoms with van der Waals surface area (Å²) in [6.07, 6.45) is 2.86. The van der Waals surface area contributed by atoms with Crippen LogP contribution in [0.15, 0.2) is 30.3 Å².